The first-order valence-corrected chi connectivity index (χ1v) is 13.4. The van der Waals surface area contributed by atoms with E-state index < -0.39 is 6.04 Å². The predicted molar refractivity (Wildman–Crippen MR) is 147 cm³/mol. The van der Waals surface area contributed by atoms with Crippen LogP contribution in [-0.2, 0) is 11.3 Å². The number of fused-ring (bicyclic) bond motifs is 1. The molecule has 0 unspecified atom stereocenters. The molecule has 6 rings (SSSR count). The number of hydrogen-bond acceptors (Lipinski definition) is 8. The second kappa shape index (κ2) is 11.2. The average Bonchev–Trinajstić information content (AvgIpc) is 3.66. The van der Waals surface area contributed by atoms with Gasteiger partial charge in [-0.05, 0) is 65.1 Å². The summed E-state index contributed by atoms with van der Waals surface area (Å²) in [5.74, 6) is 1.42. The molecule has 0 saturated carbocycles. The molecule has 1 saturated heterocycles. The lowest BCUT2D eigenvalue weighted by molar-refractivity contribution is 0.0910. The monoisotopic (exact) mass is 546 g/mol. The number of aromatic amines is 1. The van der Waals surface area contributed by atoms with Gasteiger partial charge in [-0.3, -0.25) is 9.69 Å². The third-order valence-corrected chi connectivity index (χ3v) is 7.70. The van der Waals surface area contributed by atoms with E-state index in [1.807, 2.05) is 12.1 Å². The summed E-state index contributed by atoms with van der Waals surface area (Å²) in [5.41, 5.74) is 3.07. The predicted octanol–water partition coefficient (Wildman–Crippen LogP) is 3.73. The van der Waals surface area contributed by atoms with Gasteiger partial charge in [0, 0.05) is 36.7 Å². The minimum absolute atomic E-state index is 0.0286. The molecule has 0 aliphatic carbocycles. The van der Waals surface area contributed by atoms with Gasteiger partial charge in [0.25, 0.3) is 5.56 Å². The zero-order valence-electron chi connectivity index (χ0n) is 22.5. The Morgan fingerprint density at radius 3 is 2.65 bits per heavy atom. The maximum absolute atomic E-state index is 13.6. The number of rotatable bonds is 8. The van der Waals surface area contributed by atoms with Gasteiger partial charge in [0.1, 0.15) is 11.9 Å². The molecule has 2 aliphatic heterocycles. The maximum Gasteiger partial charge on any atom is 0.253 e. The highest BCUT2D eigenvalue weighted by Gasteiger charge is 2.32. The SMILES string of the molecule is COc1cc2cc([C@H](c3nnnn3C[C@@H]3CCCO3)N3CC=C(c4ccc(F)cc4)CC3)c(=O)[nH]c2cc1OC. The highest BCUT2D eigenvalue weighted by atomic mass is 19.1. The fourth-order valence-corrected chi connectivity index (χ4v) is 5.62. The lowest BCUT2D eigenvalue weighted by Gasteiger charge is -2.33. The number of methoxy groups -OCH3 is 2. The van der Waals surface area contributed by atoms with Crippen LogP contribution in [0.3, 0.4) is 0 Å². The van der Waals surface area contributed by atoms with E-state index in [4.69, 9.17) is 14.2 Å². The zero-order chi connectivity index (χ0) is 27.6. The summed E-state index contributed by atoms with van der Waals surface area (Å²) in [4.78, 5) is 18.9. The summed E-state index contributed by atoms with van der Waals surface area (Å²) in [7, 11) is 3.14. The van der Waals surface area contributed by atoms with Gasteiger partial charge in [-0.2, -0.15) is 0 Å². The van der Waals surface area contributed by atoms with Crippen LogP contribution in [0.25, 0.3) is 16.5 Å². The Morgan fingerprint density at radius 2 is 1.95 bits per heavy atom. The number of hydrogen-bond donors (Lipinski definition) is 1. The van der Waals surface area contributed by atoms with Crippen molar-refractivity contribution in [3.8, 4) is 11.5 Å². The van der Waals surface area contributed by atoms with Crippen LogP contribution < -0.4 is 15.0 Å². The molecule has 1 N–H and O–H groups in total. The van der Waals surface area contributed by atoms with E-state index >= 15 is 0 Å². The minimum atomic E-state index is -0.510. The van der Waals surface area contributed by atoms with Crippen LogP contribution in [0.15, 0.2) is 53.3 Å². The van der Waals surface area contributed by atoms with Crippen molar-refractivity contribution >= 4 is 16.5 Å². The van der Waals surface area contributed by atoms with Crippen LogP contribution in [0, 0.1) is 5.82 Å². The lowest BCUT2D eigenvalue weighted by atomic mass is 9.96. The molecule has 40 heavy (non-hydrogen) atoms. The van der Waals surface area contributed by atoms with Gasteiger partial charge < -0.3 is 19.2 Å². The van der Waals surface area contributed by atoms with E-state index in [0.29, 0.717) is 48.0 Å². The molecule has 4 heterocycles. The van der Waals surface area contributed by atoms with Crippen LogP contribution >= 0.6 is 0 Å². The summed E-state index contributed by atoms with van der Waals surface area (Å²) in [6.07, 6.45) is 4.83. The highest BCUT2D eigenvalue weighted by Crippen LogP contribution is 2.35. The number of nitrogens with one attached hydrogen (secondary N) is 1. The van der Waals surface area contributed by atoms with Crippen LogP contribution in [0.1, 0.15) is 42.3 Å². The van der Waals surface area contributed by atoms with Crippen LogP contribution in [-0.4, -0.2) is 70.1 Å². The van der Waals surface area contributed by atoms with Crippen molar-refractivity contribution in [1.82, 2.24) is 30.1 Å². The molecule has 0 spiro atoms. The summed E-state index contributed by atoms with van der Waals surface area (Å²) in [5, 5.41) is 13.5. The Bertz CT molecular complexity index is 1590. The van der Waals surface area contributed by atoms with E-state index in [0.717, 1.165) is 42.4 Å². The Balaban J connectivity index is 1.42. The van der Waals surface area contributed by atoms with Crippen molar-refractivity contribution in [2.75, 3.05) is 33.9 Å². The fraction of sp³-hybridized carbons (Fsp3) is 0.379. The largest absolute Gasteiger partial charge is 0.493 e. The number of nitrogens with zero attached hydrogens (tertiary/aromatic N) is 5. The van der Waals surface area contributed by atoms with Crippen molar-refractivity contribution in [1.29, 1.82) is 0 Å². The van der Waals surface area contributed by atoms with Gasteiger partial charge in [0.05, 0.1) is 32.4 Å². The topological polar surface area (TPSA) is 107 Å². The number of tetrazole rings is 1. The van der Waals surface area contributed by atoms with Crippen molar-refractivity contribution in [2.45, 2.75) is 38.0 Å². The van der Waals surface area contributed by atoms with Crippen LogP contribution in [0.4, 0.5) is 4.39 Å². The first-order chi connectivity index (χ1) is 19.5. The molecule has 4 aromatic rings. The van der Waals surface area contributed by atoms with E-state index in [2.05, 4.69) is 31.5 Å². The molecular weight excluding hydrogens is 515 g/mol. The summed E-state index contributed by atoms with van der Waals surface area (Å²) in [6.45, 7) is 2.46. The standard InChI is InChI=1S/C29H31FN6O4/c1-38-25-15-20-14-23(29(37)31-24(20)16-26(25)39-2)27(28-32-33-34-36(28)17-22-4-3-13-40-22)35-11-9-19(10-12-35)18-5-7-21(30)8-6-18/h5-9,14-16,22,27H,3-4,10-13,17H2,1-2H3,(H,31,37)/t22-,27+/m0/s1. The number of benzene rings is 2. The first kappa shape index (κ1) is 26.1. The molecule has 1 fully saturated rings. The molecule has 11 heteroatoms. The second-order valence-corrected chi connectivity index (χ2v) is 10.1. The Hall–Kier alpha value is -4.09. The average molecular weight is 547 g/mol. The van der Waals surface area contributed by atoms with Crippen LogP contribution in [0.5, 0.6) is 11.5 Å². The third kappa shape index (κ3) is 5.09. The van der Waals surface area contributed by atoms with Crippen molar-refractivity contribution < 1.29 is 18.6 Å². The number of pyridine rings is 1. The maximum atomic E-state index is 13.6. The molecule has 0 radical (unpaired) electrons. The number of halogens is 1. The molecule has 2 aliphatic rings. The van der Waals surface area contributed by atoms with Crippen LogP contribution in [0.2, 0.25) is 0 Å². The fourth-order valence-electron chi connectivity index (χ4n) is 5.62. The van der Waals surface area contributed by atoms with Crippen molar-refractivity contribution in [2.24, 2.45) is 0 Å². The Morgan fingerprint density at radius 1 is 1.15 bits per heavy atom. The number of ether oxygens (including phenoxy) is 3. The molecule has 2 aromatic carbocycles. The third-order valence-electron chi connectivity index (χ3n) is 7.70. The zero-order valence-corrected chi connectivity index (χ0v) is 22.5. The Kier molecular flexibility index (Phi) is 7.31. The van der Waals surface area contributed by atoms with E-state index in [-0.39, 0.29) is 17.5 Å². The van der Waals surface area contributed by atoms with Gasteiger partial charge >= 0.3 is 0 Å². The first-order valence-electron chi connectivity index (χ1n) is 13.4. The minimum Gasteiger partial charge on any atom is -0.493 e. The molecule has 208 valence electrons. The van der Waals surface area contributed by atoms with Gasteiger partial charge in [-0.1, -0.05) is 18.2 Å². The lowest BCUT2D eigenvalue weighted by Crippen LogP contribution is -2.38. The van der Waals surface area contributed by atoms with Gasteiger partial charge in [0.15, 0.2) is 17.3 Å². The molecule has 0 bridgehead atoms. The van der Waals surface area contributed by atoms with E-state index in [9.17, 15) is 9.18 Å². The smallest absolute Gasteiger partial charge is 0.253 e. The van der Waals surface area contributed by atoms with Gasteiger partial charge in [-0.25, -0.2) is 9.07 Å². The van der Waals surface area contributed by atoms with E-state index in [1.54, 1.807) is 37.1 Å². The molecule has 0 amide bonds. The quantitative estimate of drug-likeness (QED) is 0.356. The summed E-state index contributed by atoms with van der Waals surface area (Å²) in [6, 6.07) is 11.5. The van der Waals surface area contributed by atoms with Gasteiger partial charge in [-0.15, -0.1) is 5.10 Å². The molecule has 10 nitrogen and oxygen atoms in total. The van der Waals surface area contributed by atoms with Gasteiger partial charge in [0.2, 0.25) is 0 Å². The summed E-state index contributed by atoms with van der Waals surface area (Å²) < 4.78 is 32.0. The molecule has 2 atom stereocenters. The highest BCUT2D eigenvalue weighted by molar-refractivity contribution is 5.83. The Labute approximate surface area is 230 Å². The second-order valence-electron chi connectivity index (χ2n) is 10.1. The van der Waals surface area contributed by atoms with Crippen molar-refractivity contribution in [3.05, 3.63) is 81.7 Å². The summed E-state index contributed by atoms with van der Waals surface area (Å²) >= 11 is 0. The number of aromatic nitrogens is 5. The molecular formula is C29H31FN6O4. The molecule has 2 aromatic heterocycles. The normalized spacial score (nSPS) is 18.6. The number of H-pyrrole nitrogens is 1. The van der Waals surface area contributed by atoms with E-state index in [1.165, 1.54) is 12.1 Å². The van der Waals surface area contributed by atoms with Crippen molar-refractivity contribution in [3.63, 3.8) is 0 Å².